The molecule has 0 unspecified atom stereocenters. The van der Waals surface area contributed by atoms with E-state index in [1.165, 1.54) is 6.07 Å². The van der Waals surface area contributed by atoms with Crippen LogP contribution in [0.2, 0.25) is 0 Å². The van der Waals surface area contributed by atoms with Crippen molar-refractivity contribution in [3.05, 3.63) is 65.5 Å². The number of hydrogen-bond donors (Lipinski definition) is 2. The minimum Gasteiger partial charge on any atom is -0.454 e. The maximum absolute atomic E-state index is 12.4. The number of carbonyl (C=O) groups is 1. The van der Waals surface area contributed by atoms with Gasteiger partial charge in [0.05, 0.1) is 0 Å². The van der Waals surface area contributed by atoms with Gasteiger partial charge in [-0.2, -0.15) is 0 Å². The van der Waals surface area contributed by atoms with E-state index < -0.39 is 10.0 Å². The van der Waals surface area contributed by atoms with Gasteiger partial charge in [0, 0.05) is 23.0 Å². The first-order valence-electron chi connectivity index (χ1n) is 7.89. The lowest BCUT2D eigenvalue weighted by atomic mass is 10.2. The first-order chi connectivity index (χ1) is 13.0. The molecule has 3 aromatic rings. The Morgan fingerprint density at radius 1 is 0.963 bits per heavy atom. The number of fused-ring (bicyclic) bond motifs is 1. The number of amides is 1. The molecule has 138 valence electrons. The van der Waals surface area contributed by atoms with Crippen molar-refractivity contribution in [1.82, 2.24) is 0 Å². The topological polar surface area (TPSA) is 93.7 Å². The highest BCUT2D eigenvalue weighted by Gasteiger charge is 2.16. The standard InChI is InChI=1S/C18H14N2O5S2/c21-18(19-14-7-8-15-16(10-14)25-11-24-15)12-3-5-13(6-4-12)20-27(22,23)17-2-1-9-26-17/h1-10,20H,11H2,(H,19,21). The maximum atomic E-state index is 12.4. The Morgan fingerprint density at radius 3 is 2.44 bits per heavy atom. The molecule has 0 saturated heterocycles. The van der Waals surface area contributed by atoms with Gasteiger partial charge in [0.1, 0.15) is 4.21 Å². The predicted molar refractivity (Wildman–Crippen MR) is 102 cm³/mol. The zero-order valence-corrected chi connectivity index (χ0v) is 15.5. The van der Waals surface area contributed by atoms with Gasteiger partial charge >= 0.3 is 0 Å². The zero-order chi connectivity index (χ0) is 18.9. The molecular weight excluding hydrogens is 388 g/mol. The summed E-state index contributed by atoms with van der Waals surface area (Å²) >= 11 is 1.13. The van der Waals surface area contributed by atoms with E-state index >= 15 is 0 Å². The Kier molecular flexibility index (Phi) is 4.46. The highest BCUT2D eigenvalue weighted by atomic mass is 32.2. The van der Waals surface area contributed by atoms with Crippen molar-refractivity contribution in [2.75, 3.05) is 16.8 Å². The number of hydrogen-bond acceptors (Lipinski definition) is 6. The van der Waals surface area contributed by atoms with Gasteiger partial charge in [-0.15, -0.1) is 11.3 Å². The highest BCUT2D eigenvalue weighted by molar-refractivity contribution is 7.94. The third-order valence-electron chi connectivity index (χ3n) is 3.79. The van der Waals surface area contributed by atoms with E-state index in [2.05, 4.69) is 10.0 Å². The molecule has 1 amide bonds. The second kappa shape index (κ2) is 6.93. The van der Waals surface area contributed by atoms with E-state index in [0.717, 1.165) is 11.3 Å². The van der Waals surface area contributed by atoms with Crippen molar-refractivity contribution in [1.29, 1.82) is 0 Å². The fourth-order valence-corrected chi connectivity index (χ4v) is 4.54. The van der Waals surface area contributed by atoms with Gasteiger partial charge in [0.2, 0.25) is 6.79 Å². The largest absolute Gasteiger partial charge is 0.454 e. The summed E-state index contributed by atoms with van der Waals surface area (Å²) < 4.78 is 37.7. The van der Waals surface area contributed by atoms with Gasteiger partial charge in [-0.1, -0.05) is 6.07 Å². The van der Waals surface area contributed by atoms with Crippen molar-refractivity contribution in [2.24, 2.45) is 0 Å². The molecule has 2 aromatic carbocycles. The van der Waals surface area contributed by atoms with Crippen LogP contribution in [-0.4, -0.2) is 21.1 Å². The first kappa shape index (κ1) is 17.4. The second-order valence-electron chi connectivity index (χ2n) is 5.64. The predicted octanol–water partition coefficient (Wildman–Crippen LogP) is 3.53. The summed E-state index contributed by atoms with van der Waals surface area (Å²) in [5.41, 5.74) is 1.35. The molecule has 0 atom stereocenters. The Balaban J connectivity index is 1.45. The molecule has 1 aromatic heterocycles. The third-order valence-corrected chi connectivity index (χ3v) is 6.57. The second-order valence-corrected chi connectivity index (χ2v) is 8.49. The highest BCUT2D eigenvalue weighted by Crippen LogP contribution is 2.34. The van der Waals surface area contributed by atoms with Crippen LogP contribution in [-0.2, 0) is 10.0 Å². The molecule has 2 N–H and O–H groups in total. The third kappa shape index (κ3) is 3.74. The maximum Gasteiger partial charge on any atom is 0.271 e. The van der Waals surface area contributed by atoms with Crippen LogP contribution in [0.4, 0.5) is 11.4 Å². The average Bonchev–Trinajstić information content (AvgIpc) is 3.34. The van der Waals surface area contributed by atoms with E-state index in [1.54, 1.807) is 53.9 Å². The Hall–Kier alpha value is -3.04. The van der Waals surface area contributed by atoms with Crippen molar-refractivity contribution in [3.8, 4) is 11.5 Å². The Bertz CT molecular complexity index is 1080. The minimum absolute atomic E-state index is 0.162. The lowest BCUT2D eigenvalue weighted by Crippen LogP contribution is -2.13. The summed E-state index contributed by atoms with van der Waals surface area (Å²) in [5.74, 6) is 0.892. The van der Waals surface area contributed by atoms with Crippen LogP contribution in [0.5, 0.6) is 11.5 Å². The number of anilines is 2. The average molecular weight is 402 g/mol. The molecule has 0 radical (unpaired) electrons. The van der Waals surface area contributed by atoms with Crippen molar-refractivity contribution in [2.45, 2.75) is 4.21 Å². The number of rotatable bonds is 5. The molecular formula is C18H14N2O5S2. The van der Waals surface area contributed by atoms with E-state index in [1.807, 2.05) is 0 Å². The summed E-state index contributed by atoms with van der Waals surface area (Å²) in [4.78, 5) is 12.4. The molecule has 27 heavy (non-hydrogen) atoms. The van der Waals surface area contributed by atoms with Crippen LogP contribution in [0.1, 0.15) is 10.4 Å². The summed E-state index contributed by atoms with van der Waals surface area (Å²) in [7, 11) is -3.62. The van der Waals surface area contributed by atoms with Crippen LogP contribution < -0.4 is 19.5 Å². The number of carbonyl (C=O) groups excluding carboxylic acids is 1. The first-order valence-corrected chi connectivity index (χ1v) is 10.2. The molecule has 0 bridgehead atoms. The van der Waals surface area contributed by atoms with E-state index in [9.17, 15) is 13.2 Å². The summed E-state index contributed by atoms with van der Waals surface area (Å²) in [6, 6.07) is 14.5. The van der Waals surface area contributed by atoms with Crippen molar-refractivity contribution < 1.29 is 22.7 Å². The lowest BCUT2D eigenvalue weighted by Gasteiger charge is -2.08. The summed E-state index contributed by atoms with van der Waals surface area (Å²) in [6.45, 7) is 0.162. The SMILES string of the molecule is O=C(Nc1ccc2c(c1)OCO2)c1ccc(NS(=O)(=O)c2cccs2)cc1. The number of ether oxygens (including phenoxy) is 2. The van der Waals surface area contributed by atoms with Gasteiger partial charge in [0.25, 0.3) is 15.9 Å². The molecule has 2 heterocycles. The van der Waals surface area contributed by atoms with E-state index in [-0.39, 0.29) is 16.9 Å². The van der Waals surface area contributed by atoms with Crippen molar-refractivity contribution in [3.63, 3.8) is 0 Å². The van der Waals surface area contributed by atoms with Crippen LogP contribution >= 0.6 is 11.3 Å². The number of nitrogens with one attached hydrogen (secondary N) is 2. The molecule has 0 fully saturated rings. The van der Waals surface area contributed by atoms with Crippen molar-refractivity contribution >= 4 is 38.6 Å². The van der Waals surface area contributed by atoms with Gasteiger partial charge in [-0.3, -0.25) is 9.52 Å². The van der Waals surface area contributed by atoms with Crippen LogP contribution in [0.25, 0.3) is 0 Å². The fraction of sp³-hybridized carbons (Fsp3) is 0.0556. The normalized spacial score (nSPS) is 12.6. The van der Waals surface area contributed by atoms with Gasteiger partial charge in [-0.05, 0) is 47.8 Å². The quantitative estimate of drug-likeness (QED) is 0.681. The van der Waals surface area contributed by atoms with E-state index in [0.29, 0.717) is 28.4 Å². The minimum atomic E-state index is -3.62. The molecule has 7 nitrogen and oxygen atoms in total. The molecule has 0 aliphatic carbocycles. The molecule has 0 saturated carbocycles. The van der Waals surface area contributed by atoms with Crippen LogP contribution in [0, 0.1) is 0 Å². The summed E-state index contributed by atoms with van der Waals surface area (Å²) in [6.07, 6.45) is 0. The Labute approximate surface area is 159 Å². The lowest BCUT2D eigenvalue weighted by molar-refractivity contribution is 0.102. The molecule has 4 rings (SSSR count). The molecule has 0 spiro atoms. The zero-order valence-electron chi connectivity index (χ0n) is 13.8. The molecule has 9 heteroatoms. The number of benzene rings is 2. The van der Waals surface area contributed by atoms with Crippen LogP contribution in [0.3, 0.4) is 0 Å². The summed E-state index contributed by atoms with van der Waals surface area (Å²) in [5, 5.41) is 4.46. The van der Waals surface area contributed by atoms with Gasteiger partial charge in [-0.25, -0.2) is 8.42 Å². The number of sulfonamides is 1. The smallest absolute Gasteiger partial charge is 0.271 e. The fourth-order valence-electron chi connectivity index (χ4n) is 2.49. The van der Waals surface area contributed by atoms with E-state index in [4.69, 9.17) is 9.47 Å². The molecule has 1 aliphatic rings. The van der Waals surface area contributed by atoms with Gasteiger partial charge < -0.3 is 14.8 Å². The van der Waals surface area contributed by atoms with Gasteiger partial charge in [0.15, 0.2) is 11.5 Å². The Morgan fingerprint density at radius 2 is 1.70 bits per heavy atom. The number of thiophene rings is 1. The molecule has 1 aliphatic heterocycles. The van der Waals surface area contributed by atoms with Crippen LogP contribution in [0.15, 0.2) is 64.2 Å². The monoisotopic (exact) mass is 402 g/mol.